The van der Waals surface area contributed by atoms with E-state index in [4.69, 9.17) is 16.3 Å². The van der Waals surface area contributed by atoms with Gasteiger partial charge in [-0.25, -0.2) is 17.1 Å². The number of rotatable bonds is 4. The van der Waals surface area contributed by atoms with Gasteiger partial charge in [-0.05, 0) is 30.3 Å². The Morgan fingerprint density at radius 1 is 1.10 bits per heavy atom. The van der Waals surface area contributed by atoms with Crippen LogP contribution in [0.3, 0.4) is 0 Å². The van der Waals surface area contributed by atoms with E-state index in [2.05, 4.69) is 0 Å². The molecule has 21 heavy (non-hydrogen) atoms. The molecule has 0 N–H and O–H groups in total. The topological polar surface area (TPSA) is 46.6 Å². The summed E-state index contributed by atoms with van der Waals surface area (Å²) >= 11 is 6.01. The molecule has 0 aliphatic heterocycles. The molecular weight excluding hydrogens is 317 g/mol. The van der Waals surface area contributed by atoms with Crippen LogP contribution in [0.15, 0.2) is 47.4 Å². The fourth-order valence-corrected chi connectivity index (χ4v) is 2.79. The largest absolute Gasteiger partial charge is 0.453 e. The molecule has 0 atom stereocenters. The molecular formula is C14H13ClFNO3S. The number of benzene rings is 2. The Hall–Kier alpha value is -1.63. The zero-order valence-corrected chi connectivity index (χ0v) is 13.0. The third kappa shape index (κ3) is 3.34. The highest BCUT2D eigenvalue weighted by Crippen LogP contribution is 2.32. The van der Waals surface area contributed by atoms with Crippen molar-refractivity contribution < 1.29 is 17.5 Å². The zero-order valence-electron chi connectivity index (χ0n) is 11.4. The average Bonchev–Trinajstić information content (AvgIpc) is 2.43. The monoisotopic (exact) mass is 329 g/mol. The first-order valence-electron chi connectivity index (χ1n) is 5.97. The lowest BCUT2D eigenvalue weighted by Gasteiger charge is -2.13. The summed E-state index contributed by atoms with van der Waals surface area (Å²) in [6, 6.07) is 9.90. The van der Waals surface area contributed by atoms with E-state index in [9.17, 15) is 12.8 Å². The van der Waals surface area contributed by atoms with Crippen LogP contribution in [0.4, 0.5) is 4.39 Å². The van der Waals surface area contributed by atoms with Crippen molar-refractivity contribution >= 4 is 21.6 Å². The van der Waals surface area contributed by atoms with Gasteiger partial charge in [-0.15, -0.1) is 0 Å². The molecule has 0 amide bonds. The lowest BCUT2D eigenvalue weighted by atomic mass is 10.3. The van der Waals surface area contributed by atoms with Crippen molar-refractivity contribution in [2.24, 2.45) is 0 Å². The van der Waals surface area contributed by atoms with E-state index in [0.717, 1.165) is 4.31 Å². The third-order valence-electron chi connectivity index (χ3n) is 2.74. The van der Waals surface area contributed by atoms with E-state index in [0.29, 0.717) is 0 Å². The number of nitrogens with zero attached hydrogens (tertiary/aromatic N) is 1. The van der Waals surface area contributed by atoms with Crippen molar-refractivity contribution in [2.45, 2.75) is 4.90 Å². The minimum absolute atomic E-state index is 0.0163. The molecule has 0 aliphatic carbocycles. The standard InChI is InChI=1S/C14H13ClFNO3S/c1-17(2)21(18,19)10-7-8-13(11(15)9-10)20-14-6-4-3-5-12(14)16/h3-9H,1-2H3. The van der Waals surface area contributed by atoms with Crippen molar-refractivity contribution in [1.29, 1.82) is 0 Å². The summed E-state index contributed by atoms with van der Waals surface area (Å²) in [5.74, 6) is -0.333. The lowest BCUT2D eigenvalue weighted by molar-refractivity contribution is 0.442. The SMILES string of the molecule is CN(C)S(=O)(=O)c1ccc(Oc2ccccc2F)c(Cl)c1. The Labute approximate surface area is 127 Å². The van der Waals surface area contributed by atoms with E-state index in [1.165, 1.54) is 50.5 Å². The number of hydrogen-bond donors (Lipinski definition) is 0. The van der Waals surface area contributed by atoms with Crippen molar-refractivity contribution in [3.8, 4) is 11.5 Å². The summed E-state index contributed by atoms with van der Waals surface area (Å²) in [6.45, 7) is 0. The van der Waals surface area contributed by atoms with E-state index >= 15 is 0 Å². The van der Waals surface area contributed by atoms with Gasteiger partial charge in [0.05, 0.1) is 9.92 Å². The second-order valence-corrected chi connectivity index (χ2v) is 6.97. The smallest absolute Gasteiger partial charge is 0.242 e. The fraction of sp³-hybridized carbons (Fsp3) is 0.143. The zero-order chi connectivity index (χ0) is 15.6. The van der Waals surface area contributed by atoms with Crippen LogP contribution in [-0.4, -0.2) is 26.8 Å². The molecule has 0 saturated heterocycles. The molecule has 0 aliphatic rings. The third-order valence-corrected chi connectivity index (χ3v) is 4.84. The minimum atomic E-state index is -3.58. The molecule has 0 unspecified atom stereocenters. The van der Waals surface area contributed by atoms with Gasteiger partial charge >= 0.3 is 0 Å². The molecule has 7 heteroatoms. The van der Waals surface area contributed by atoms with Crippen LogP contribution in [0.25, 0.3) is 0 Å². The Morgan fingerprint density at radius 2 is 1.76 bits per heavy atom. The normalized spacial score (nSPS) is 11.7. The van der Waals surface area contributed by atoms with Crippen LogP contribution in [0.2, 0.25) is 5.02 Å². The van der Waals surface area contributed by atoms with Crippen LogP contribution in [0, 0.1) is 5.82 Å². The lowest BCUT2D eigenvalue weighted by Crippen LogP contribution is -2.22. The minimum Gasteiger partial charge on any atom is -0.453 e. The highest BCUT2D eigenvalue weighted by atomic mass is 35.5. The van der Waals surface area contributed by atoms with Gasteiger partial charge in [0.2, 0.25) is 10.0 Å². The highest BCUT2D eigenvalue weighted by molar-refractivity contribution is 7.89. The Morgan fingerprint density at radius 3 is 2.33 bits per heavy atom. The van der Waals surface area contributed by atoms with Gasteiger partial charge < -0.3 is 4.74 Å². The molecule has 2 aromatic carbocycles. The quantitative estimate of drug-likeness (QED) is 0.862. The molecule has 0 fully saturated rings. The summed E-state index contributed by atoms with van der Waals surface area (Å²) < 4.78 is 43.9. The van der Waals surface area contributed by atoms with Gasteiger partial charge in [0, 0.05) is 14.1 Å². The predicted octanol–water partition coefficient (Wildman–Crippen LogP) is 3.52. The maximum Gasteiger partial charge on any atom is 0.242 e. The Bertz CT molecular complexity index is 763. The predicted molar refractivity (Wildman–Crippen MR) is 78.8 cm³/mol. The molecule has 2 rings (SSSR count). The Kier molecular flexibility index (Phi) is 4.51. The number of ether oxygens (including phenoxy) is 1. The molecule has 2 aromatic rings. The summed E-state index contributed by atoms with van der Waals surface area (Å²) in [7, 11) is -0.731. The van der Waals surface area contributed by atoms with Gasteiger partial charge in [0.25, 0.3) is 0 Å². The first-order valence-corrected chi connectivity index (χ1v) is 7.78. The van der Waals surface area contributed by atoms with Gasteiger partial charge in [-0.2, -0.15) is 0 Å². The van der Waals surface area contributed by atoms with E-state index < -0.39 is 15.8 Å². The van der Waals surface area contributed by atoms with Crippen LogP contribution in [0.1, 0.15) is 0 Å². The summed E-state index contributed by atoms with van der Waals surface area (Å²) in [6.07, 6.45) is 0. The number of hydrogen-bond acceptors (Lipinski definition) is 3. The van der Waals surface area contributed by atoms with Gasteiger partial charge in [-0.1, -0.05) is 23.7 Å². The van der Waals surface area contributed by atoms with E-state index in [1.54, 1.807) is 6.07 Å². The molecule has 0 heterocycles. The van der Waals surface area contributed by atoms with Crippen molar-refractivity contribution in [3.05, 3.63) is 53.3 Å². The summed E-state index contributed by atoms with van der Waals surface area (Å²) in [5, 5.41) is 0.0844. The second kappa shape index (κ2) is 6.01. The molecule has 112 valence electrons. The Balaban J connectivity index is 2.35. The van der Waals surface area contributed by atoms with Crippen LogP contribution in [0.5, 0.6) is 11.5 Å². The van der Waals surface area contributed by atoms with Crippen molar-refractivity contribution in [1.82, 2.24) is 4.31 Å². The number of para-hydroxylation sites is 1. The van der Waals surface area contributed by atoms with Crippen LogP contribution < -0.4 is 4.74 Å². The maximum atomic E-state index is 13.5. The van der Waals surface area contributed by atoms with E-state index in [1.807, 2.05) is 0 Å². The number of sulfonamides is 1. The van der Waals surface area contributed by atoms with Gasteiger partial charge in [0.1, 0.15) is 5.75 Å². The highest BCUT2D eigenvalue weighted by Gasteiger charge is 2.19. The van der Waals surface area contributed by atoms with Gasteiger partial charge in [0.15, 0.2) is 11.6 Å². The van der Waals surface area contributed by atoms with Crippen LogP contribution in [-0.2, 0) is 10.0 Å². The van der Waals surface area contributed by atoms with Crippen molar-refractivity contribution in [2.75, 3.05) is 14.1 Å². The first kappa shape index (κ1) is 15.8. The molecule has 0 saturated carbocycles. The summed E-state index contributed by atoms with van der Waals surface area (Å²) in [5.41, 5.74) is 0. The van der Waals surface area contributed by atoms with E-state index in [-0.39, 0.29) is 21.4 Å². The molecule has 0 spiro atoms. The van der Waals surface area contributed by atoms with Crippen molar-refractivity contribution in [3.63, 3.8) is 0 Å². The number of halogens is 2. The molecule has 0 aromatic heterocycles. The van der Waals surface area contributed by atoms with Crippen LogP contribution >= 0.6 is 11.6 Å². The average molecular weight is 330 g/mol. The molecule has 4 nitrogen and oxygen atoms in total. The fourth-order valence-electron chi connectivity index (χ4n) is 1.58. The van der Waals surface area contributed by atoms with Gasteiger partial charge in [-0.3, -0.25) is 0 Å². The molecule has 0 radical (unpaired) electrons. The summed E-state index contributed by atoms with van der Waals surface area (Å²) in [4.78, 5) is 0.0402. The second-order valence-electron chi connectivity index (χ2n) is 4.41. The first-order chi connectivity index (χ1) is 9.82. The molecule has 0 bridgehead atoms. The maximum absolute atomic E-state index is 13.5.